The number of rotatable bonds is 8. The van der Waals surface area contributed by atoms with Crippen LogP contribution < -0.4 is 4.74 Å². The zero-order chi connectivity index (χ0) is 19.1. The lowest BCUT2D eigenvalue weighted by atomic mass is 10.1. The van der Waals surface area contributed by atoms with Crippen LogP contribution >= 0.6 is 0 Å². The Bertz CT molecular complexity index is 784. The van der Waals surface area contributed by atoms with E-state index in [1.54, 1.807) is 13.2 Å². The quantitative estimate of drug-likeness (QED) is 0.353. The molecule has 0 fully saturated rings. The molecule has 0 aliphatic rings. The van der Waals surface area contributed by atoms with Crippen molar-refractivity contribution in [3.05, 3.63) is 65.7 Å². The lowest BCUT2D eigenvalue weighted by molar-refractivity contribution is 0.143. The molecule has 0 bridgehead atoms. The molecule has 0 aliphatic heterocycles. The number of aryl methyl sites for hydroxylation is 2. The minimum absolute atomic E-state index is 0.145. The Morgan fingerprint density at radius 3 is 2.62 bits per heavy atom. The summed E-state index contributed by atoms with van der Waals surface area (Å²) >= 11 is 0. The highest BCUT2D eigenvalue weighted by atomic mass is 16.5. The predicted molar refractivity (Wildman–Crippen MR) is 109 cm³/mol. The summed E-state index contributed by atoms with van der Waals surface area (Å²) in [4.78, 5) is 6.60. The summed E-state index contributed by atoms with van der Waals surface area (Å²) in [5.74, 6) is 1.60. The second kappa shape index (κ2) is 9.20. The van der Waals surface area contributed by atoms with Crippen LogP contribution in [0.25, 0.3) is 0 Å². The summed E-state index contributed by atoms with van der Waals surface area (Å²) in [5.41, 5.74) is 4.08. The van der Waals surface area contributed by atoms with Crippen LogP contribution in [0.5, 0.6) is 11.5 Å². The van der Waals surface area contributed by atoms with E-state index in [1.807, 2.05) is 62.5 Å². The van der Waals surface area contributed by atoms with Gasteiger partial charge in [0.15, 0.2) is 0 Å². The first-order valence-corrected chi connectivity index (χ1v) is 8.77. The molecular formula is C22H28N2O2. The highest BCUT2D eigenvalue weighted by molar-refractivity contribution is 5.64. The zero-order valence-electron chi connectivity index (χ0n) is 16.3. The molecule has 1 atom stereocenters. The largest absolute Gasteiger partial charge is 0.457 e. The fourth-order valence-corrected chi connectivity index (χ4v) is 2.52. The molecule has 0 aliphatic carbocycles. The van der Waals surface area contributed by atoms with Crippen molar-refractivity contribution in [2.24, 2.45) is 4.99 Å². The molecule has 0 saturated heterocycles. The molecular weight excluding hydrogens is 324 g/mol. The van der Waals surface area contributed by atoms with Gasteiger partial charge in [-0.05, 0) is 61.7 Å². The van der Waals surface area contributed by atoms with E-state index in [2.05, 4.69) is 24.6 Å². The molecule has 0 heterocycles. The van der Waals surface area contributed by atoms with Crippen molar-refractivity contribution in [1.82, 2.24) is 4.90 Å². The summed E-state index contributed by atoms with van der Waals surface area (Å²) < 4.78 is 11.5. The number of benzene rings is 2. The Labute approximate surface area is 156 Å². The zero-order valence-corrected chi connectivity index (χ0v) is 16.3. The van der Waals surface area contributed by atoms with E-state index in [-0.39, 0.29) is 6.10 Å². The molecule has 2 rings (SSSR count). The molecule has 0 radical (unpaired) electrons. The maximum Gasteiger partial charge on any atom is 0.130 e. The lowest BCUT2D eigenvalue weighted by Crippen LogP contribution is -2.14. The third-order valence-electron chi connectivity index (χ3n) is 4.27. The van der Waals surface area contributed by atoms with Crippen molar-refractivity contribution in [1.29, 1.82) is 0 Å². The Morgan fingerprint density at radius 1 is 1.19 bits per heavy atom. The Balaban J connectivity index is 2.25. The van der Waals surface area contributed by atoms with Gasteiger partial charge in [0.1, 0.15) is 17.6 Å². The van der Waals surface area contributed by atoms with Crippen LogP contribution in [-0.2, 0) is 4.74 Å². The second-order valence-corrected chi connectivity index (χ2v) is 6.29. The van der Waals surface area contributed by atoms with Gasteiger partial charge in [-0.1, -0.05) is 18.2 Å². The Morgan fingerprint density at radius 2 is 1.96 bits per heavy atom. The summed E-state index contributed by atoms with van der Waals surface area (Å²) in [5, 5.41) is 0. The summed E-state index contributed by atoms with van der Waals surface area (Å²) in [6, 6.07) is 12.0. The van der Waals surface area contributed by atoms with Gasteiger partial charge in [0.2, 0.25) is 0 Å². The van der Waals surface area contributed by atoms with Crippen LogP contribution in [0.3, 0.4) is 0 Å². The van der Waals surface area contributed by atoms with Crippen molar-refractivity contribution in [2.45, 2.75) is 26.9 Å². The van der Waals surface area contributed by atoms with Crippen LogP contribution in [0, 0.1) is 13.8 Å². The lowest BCUT2D eigenvalue weighted by Gasteiger charge is -2.15. The van der Waals surface area contributed by atoms with Crippen molar-refractivity contribution < 1.29 is 9.47 Å². The number of ether oxygens (including phenoxy) is 2. The molecule has 0 aromatic heterocycles. The van der Waals surface area contributed by atoms with Crippen LogP contribution in [0.1, 0.15) is 29.7 Å². The molecule has 2 aromatic rings. The third kappa shape index (κ3) is 4.96. The smallest absolute Gasteiger partial charge is 0.130 e. The van der Waals surface area contributed by atoms with Gasteiger partial charge < -0.3 is 14.4 Å². The van der Waals surface area contributed by atoms with Crippen molar-refractivity contribution in [3.63, 3.8) is 0 Å². The fraction of sp³-hybridized carbons (Fsp3) is 0.318. The second-order valence-electron chi connectivity index (χ2n) is 6.29. The number of hydrogen-bond donors (Lipinski definition) is 0. The maximum atomic E-state index is 6.12. The molecule has 0 saturated carbocycles. The minimum atomic E-state index is -0.145. The predicted octanol–water partition coefficient (Wildman–Crippen LogP) is 5.58. The van der Waals surface area contributed by atoms with Crippen molar-refractivity contribution in [3.8, 4) is 11.5 Å². The first-order valence-electron chi connectivity index (χ1n) is 8.77. The first kappa shape index (κ1) is 19.7. The van der Waals surface area contributed by atoms with Gasteiger partial charge in [0, 0.05) is 20.7 Å². The average Bonchev–Trinajstić information content (AvgIpc) is 2.64. The molecule has 2 aromatic carbocycles. The van der Waals surface area contributed by atoms with E-state index in [1.165, 1.54) is 0 Å². The van der Waals surface area contributed by atoms with Gasteiger partial charge in [-0.3, -0.25) is 0 Å². The molecule has 138 valence electrons. The SMILES string of the molecule is C=CC(OC)c1cccc(Oc2cc(C)c(N=CN(C)CC)cc2C)c1. The highest BCUT2D eigenvalue weighted by Crippen LogP contribution is 2.32. The van der Waals surface area contributed by atoms with Gasteiger partial charge in [0.25, 0.3) is 0 Å². The van der Waals surface area contributed by atoms with Crippen molar-refractivity contribution in [2.75, 3.05) is 20.7 Å². The number of nitrogens with zero attached hydrogens (tertiary/aromatic N) is 2. The molecule has 0 spiro atoms. The van der Waals surface area contributed by atoms with Crippen LogP contribution in [0.4, 0.5) is 5.69 Å². The van der Waals surface area contributed by atoms with Gasteiger partial charge in [-0.2, -0.15) is 0 Å². The number of methoxy groups -OCH3 is 1. The van der Waals surface area contributed by atoms with Gasteiger partial charge in [-0.15, -0.1) is 6.58 Å². The van der Waals surface area contributed by atoms with Gasteiger partial charge >= 0.3 is 0 Å². The average molecular weight is 352 g/mol. The fourth-order valence-electron chi connectivity index (χ4n) is 2.52. The summed E-state index contributed by atoms with van der Waals surface area (Å²) in [6.45, 7) is 10.9. The van der Waals surface area contributed by atoms with E-state index < -0.39 is 0 Å². The normalized spacial score (nSPS) is 12.2. The highest BCUT2D eigenvalue weighted by Gasteiger charge is 2.10. The van der Waals surface area contributed by atoms with E-state index in [9.17, 15) is 0 Å². The van der Waals surface area contributed by atoms with Crippen LogP contribution in [0.2, 0.25) is 0 Å². The summed E-state index contributed by atoms with van der Waals surface area (Å²) in [7, 11) is 3.68. The van der Waals surface area contributed by atoms with Crippen LogP contribution in [0.15, 0.2) is 54.0 Å². The minimum Gasteiger partial charge on any atom is -0.457 e. The third-order valence-corrected chi connectivity index (χ3v) is 4.27. The molecule has 4 heteroatoms. The summed E-state index contributed by atoms with van der Waals surface area (Å²) in [6.07, 6.45) is 3.48. The molecule has 1 unspecified atom stereocenters. The standard InChI is InChI=1S/C22H28N2O2/c1-7-21(25-6)18-10-9-11-19(14-18)26-22-13-16(3)20(12-17(22)4)23-15-24(5)8-2/h7,9-15,21H,1,8H2,2-6H3. The maximum absolute atomic E-state index is 6.12. The first-order chi connectivity index (χ1) is 12.5. The molecule has 26 heavy (non-hydrogen) atoms. The van der Waals surface area contributed by atoms with E-state index in [4.69, 9.17) is 9.47 Å². The van der Waals surface area contributed by atoms with Gasteiger partial charge in [-0.25, -0.2) is 4.99 Å². The molecule has 0 amide bonds. The monoisotopic (exact) mass is 352 g/mol. The number of hydrogen-bond acceptors (Lipinski definition) is 3. The number of aliphatic imine (C=N–C) groups is 1. The van der Waals surface area contributed by atoms with E-state index in [0.29, 0.717) is 0 Å². The molecule has 4 nitrogen and oxygen atoms in total. The van der Waals surface area contributed by atoms with Crippen LogP contribution in [-0.4, -0.2) is 31.9 Å². The topological polar surface area (TPSA) is 34.1 Å². The van der Waals surface area contributed by atoms with E-state index in [0.717, 1.165) is 40.4 Å². The van der Waals surface area contributed by atoms with E-state index >= 15 is 0 Å². The molecule has 0 N–H and O–H groups in total. The van der Waals surface area contributed by atoms with Crippen molar-refractivity contribution >= 4 is 12.0 Å². The Kier molecular flexibility index (Phi) is 6.98. The Hall–Kier alpha value is -2.59. The van der Waals surface area contributed by atoms with Gasteiger partial charge in [0.05, 0.1) is 12.0 Å².